The van der Waals surface area contributed by atoms with E-state index in [4.69, 9.17) is 91.5 Å². The number of hydrogen-bond acceptors (Lipinski definition) is 24. The van der Waals surface area contributed by atoms with E-state index in [-0.39, 0.29) is 61.3 Å². The van der Waals surface area contributed by atoms with Gasteiger partial charge in [-0.3, -0.25) is 39.1 Å². The van der Waals surface area contributed by atoms with E-state index in [1.54, 1.807) is 31.0 Å². The van der Waals surface area contributed by atoms with Gasteiger partial charge in [-0.05, 0) is 182 Å². The minimum Gasteiger partial charge on any atom is -0.377 e. The summed E-state index contributed by atoms with van der Waals surface area (Å²) in [4.78, 5) is 88.2. The highest BCUT2D eigenvalue weighted by Gasteiger charge is 2.38. The molecule has 4 unspecified atom stereocenters. The third-order valence-corrected chi connectivity index (χ3v) is 25.5. The van der Waals surface area contributed by atoms with Crippen molar-refractivity contribution in [3.63, 3.8) is 0 Å². The number of benzene rings is 4. The summed E-state index contributed by atoms with van der Waals surface area (Å²) in [5.74, 6) is 3.78. The zero-order chi connectivity index (χ0) is 88.0. The van der Waals surface area contributed by atoms with Crippen molar-refractivity contribution in [3.05, 3.63) is 191 Å². The summed E-state index contributed by atoms with van der Waals surface area (Å²) in [7, 11) is 8.37. The molecule has 7 fully saturated rings. The van der Waals surface area contributed by atoms with Crippen molar-refractivity contribution in [2.75, 3.05) is 192 Å². The molecule has 7 aliphatic heterocycles. The molecule has 15 heterocycles. The first-order chi connectivity index (χ1) is 61.9. The van der Waals surface area contributed by atoms with Crippen molar-refractivity contribution in [1.82, 2.24) is 94.2 Å². The Morgan fingerprint density at radius 1 is 0.406 bits per heavy atom. The van der Waals surface area contributed by atoms with Crippen LogP contribution in [0, 0.1) is 0 Å². The number of hydrogen-bond donors (Lipinski definition) is 3. The second kappa shape index (κ2) is 43.1. The molecule has 7 aliphatic rings. The molecule has 5 atom stereocenters. The van der Waals surface area contributed by atoms with Gasteiger partial charge in [-0.25, -0.2) is 18.7 Å². The minimum absolute atomic E-state index is 0. The lowest BCUT2D eigenvalue weighted by atomic mass is 10.0. The van der Waals surface area contributed by atoms with E-state index in [1.165, 1.54) is 0 Å². The molecule has 0 bridgehead atoms. The monoisotopic (exact) mass is 1820 g/mol. The third-order valence-electron chi connectivity index (χ3n) is 24.5. The number of morpholine rings is 4. The van der Waals surface area contributed by atoms with Crippen LogP contribution in [-0.2, 0) is 38.1 Å². The van der Waals surface area contributed by atoms with Gasteiger partial charge in [0.1, 0.15) is 0 Å². The van der Waals surface area contributed by atoms with Gasteiger partial charge in [-0.2, -0.15) is 0 Å². The maximum absolute atomic E-state index is 13.2. The molecule has 0 spiro atoms. The minimum atomic E-state index is -0.105. The van der Waals surface area contributed by atoms with Crippen molar-refractivity contribution in [2.24, 2.45) is 5.73 Å². The predicted octanol–water partition coefficient (Wildman–Crippen LogP) is 10.5. The molecule has 19 rings (SSSR count). The molecule has 0 radical (unpaired) electrons. The van der Waals surface area contributed by atoms with Crippen LogP contribution in [0.1, 0.15) is 52.4 Å². The first kappa shape index (κ1) is 92.0. The molecule has 4 amide bonds. The van der Waals surface area contributed by atoms with Crippen molar-refractivity contribution in [3.8, 4) is 22.7 Å². The number of likely N-dealkylation sites (N-methyl/N-ethyl adjacent to an activating group) is 2. The maximum atomic E-state index is 13.2. The molecule has 0 saturated carbocycles. The number of piperazine rings is 1. The number of ether oxygens (including phenoxy) is 4. The Morgan fingerprint density at radius 3 is 1.05 bits per heavy atom. The van der Waals surface area contributed by atoms with E-state index in [9.17, 15) is 19.2 Å². The van der Waals surface area contributed by atoms with Crippen LogP contribution in [0.2, 0.25) is 20.1 Å². The van der Waals surface area contributed by atoms with Crippen LogP contribution in [0.4, 0.5) is 23.3 Å². The fourth-order valence-electron chi connectivity index (χ4n) is 17.4. The fraction of sp³-hybridized carbons (Fsp3) is 0.435. The van der Waals surface area contributed by atoms with E-state index >= 15 is 0 Å². The average molecular weight is 1820 g/mol. The third kappa shape index (κ3) is 21.9. The molecule has 8 aromatic heterocycles. The van der Waals surface area contributed by atoms with Crippen LogP contribution < -0.4 is 36.0 Å². The van der Waals surface area contributed by atoms with Gasteiger partial charge in [-0.15, -0.1) is 20.4 Å². The summed E-state index contributed by atoms with van der Waals surface area (Å²) >= 11 is 24.3. The van der Waals surface area contributed by atoms with Crippen LogP contribution in [0.5, 0.6) is 0 Å². The number of pyridine rings is 4. The Morgan fingerprint density at radius 2 is 0.727 bits per heavy atom. The number of anilines is 4. The highest BCUT2D eigenvalue weighted by atomic mass is 35.5. The number of piperidine rings is 1. The number of halogens is 4. The fourth-order valence-corrected chi connectivity index (χ4v) is 17.9. The van der Waals surface area contributed by atoms with E-state index in [0.717, 1.165) is 161 Å². The van der Waals surface area contributed by atoms with E-state index < -0.39 is 0 Å². The summed E-state index contributed by atoms with van der Waals surface area (Å²) in [6.07, 6.45) is 18.9. The molecule has 4 aromatic carbocycles. The number of nitrogens with two attached hydrogens (primary N) is 1. The SMILES string of the molecule is C.CN(C)[C@H]1CCN(C(=O)CC2COCCN2c2nn(-c3ccc(Cl)cc3)c3cnccc23)C1.CN1CCC(NC(=O)CC2COCCN2c2nn(-c3ccc(Cl)cc3)c3cnccc23)CC1.CN1CCN(C(=O)CC2COCCN2c2nn(-c3ccc(Cl)cc3)c3cnccc23)CC1.NCCNC(=O)CC1COCCN1c1nn(-c2ccc(Cl)cc2)c2cnccc12. The van der Waals surface area contributed by atoms with Crippen LogP contribution in [0.3, 0.4) is 0 Å². The Kier molecular flexibility index (Phi) is 31.0. The Labute approximate surface area is 764 Å². The van der Waals surface area contributed by atoms with E-state index in [0.29, 0.717) is 144 Å². The topological polar surface area (TPSA) is 307 Å². The second-order valence-corrected chi connectivity index (χ2v) is 34.9. The zero-order valence-electron chi connectivity index (χ0n) is 71.9. The van der Waals surface area contributed by atoms with Gasteiger partial charge >= 0.3 is 0 Å². The molecular formula is C92H112Cl4N24O8. The number of aromatic nitrogens is 12. The van der Waals surface area contributed by atoms with Gasteiger partial charge in [0.25, 0.3) is 0 Å². The highest BCUT2D eigenvalue weighted by Crippen LogP contribution is 2.37. The number of fused-ring (bicyclic) bond motifs is 4. The standard InChI is InChI=1S/2C24H29ClN6O2.C23H27ClN6O2.C20H23ClN6O2.CH4/c1-28(2)19-8-10-29(15-19)23(32)13-20-16-33-12-11-30(20)24-21-7-9-26-14-22(21)31(27-24)18-5-3-17(25)4-6-18;1-29-10-7-18(8-11-29)27-23(32)14-20-16-33-13-12-30(20)24-21-6-9-26-15-22(21)31(28-24)19-4-2-17(25)3-5-19;1-27-8-10-28(11-9-27)22(31)14-19-16-32-13-12-29(19)23-20-6-7-25-15-21(20)30(26-23)18-4-2-17(24)3-5-18;21-14-1-3-15(4-2-14)27-18-12-23-7-5-17(18)20(25-27)26-9-10-29-13-16(26)11-19(28)24-8-6-22;/h3-7,9,14,19-20H,8,10-13,15-16H2,1-2H3;2-6,9,15,18,20H,7-8,10-14,16H2,1H3,(H,27,32);2-7,15,19H,8-14,16H2,1H3;1-5,7,12,16H,6,8-11,13,22H2,(H,24,28);1H4/t19-,20?;;;;/m0..../s1. The number of likely N-dealkylation sites (tertiary alicyclic amines) is 2. The van der Waals surface area contributed by atoms with Crippen molar-refractivity contribution >= 4 is 137 Å². The van der Waals surface area contributed by atoms with Crippen LogP contribution in [0.25, 0.3) is 66.4 Å². The van der Waals surface area contributed by atoms with Gasteiger partial charge in [0.15, 0.2) is 23.3 Å². The van der Waals surface area contributed by atoms with Crippen LogP contribution in [0.15, 0.2) is 171 Å². The molecule has 4 N–H and O–H groups in total. The lowest BCUT2D eigenvalue weighted by Crippen LogP contribution is -2.51. The number of carbonyl (C=O) groups is 4. The molecule has 128 heavy (non-hydrogen) atoms. The normalized spacial score (nSPS) is 19.6. The quantitative estimate of drug-likeness (QED) is 0.0638. The molecule has 32 nitrogen and oxygen atoms in total. The average Bonchev–Trinajstić information content (AvgIpc) is 1.63. The van der Waals surface area contributed by atoms with Gasteiger partial charge < -0.3 is 79.4 Å². The summed E-state index contributed by atoms with van der Waals surface area (Å²) in [5, 5.41) is 32.6. The first-order valence-corrected chi connectivity index (χ1v) is 45.0. The van der Waals surface area contributed by atoms with Gasteiger partial charge in [-0.1, -0.05) is 53.8 Å². The van der Waals surface area contributed by atoms with Crippen LogP contribution >= 0.6 is 46.4 Å². The highest BCUT2D eigenvalue weighted by molar-refractivity contribution is 6.31. The molecule has 676 valence electrons. The Bertz CT molecular complexity index is 5710. The molecule has 7 saturated heterocycles. The smallest absolute Gasteiger partial charge is 0.224 e. The summed E-state index contributed by atoms with van der Waals surface area (Å²) < 4.78 is 30.5. The number of rotatable bonds is 20. The lowest BCUT2D eigenvalue weighted by Gasteiger charge is -2.38. The summed E-state index contributed by atoms with van der Waals surface area (Å²) in [5.41, 5.74) is 12.7. The molecule has 12 aromatic rings. The first-order valence-electron chi connectivity index (χ1n) is 43.4. The molecular weight excluding hydrogens is 1710 g/mol. The summed E-state index contributed by atoms with van der Waals surface area (Å²) in [6, 6.07) is 38.6. The molecule has 36 heteroatoms. The molecule has 0 aliphatic carbocycles. The Balaban J connectivity index is 0.000000131. The number of carbonyl (C=O) groups excluding carboxylic acids is 4. The van der Waals surface area contributed by atoms with E-state index in [1.807, 2.05) is 168 Å². The lowest BCUT2D eigenvalue weighted by molar-refractivity contribution is -0.134. The Hall–Kier alpha value is -10.7. The second-order valence-electron chi connectivity index (χ2n) is 33.1. The van der Waals surface area contributed by atoms with Crippen molar-refractivity contribution < 1.29 is 38.1 Å². The maximum Gasteiger partial charge on any atom is 0.224 e. The number of nitrogens with zero attached hydrogens (tertiary/aromatic N) is 21. The van der Waals surface area contributed by atoms with Gasteiger partial charge in [0.2, 0.25) is 23.6 Å². The van der Waals surface area contributed by atoms with Crippen molar-refractivity contribution in [2.45, 2.75) is 88.6 Å². The van der Waals surface area contributed by atoms with Gasteiger partial charge in [0.05, 0.1) is 147 Å². The predicted molar refractivity (Wildman–Crippen MR) is 502 cm³/mol. The number of amides is 4. The van der Waals surface area contributed by atoms with E-state index in [2.05, 4.69) is 93.1 Å². The van der Waals surface area contributed by atoms with Crippen molar-refractivity contribution in [1.29, 1.82) is 0 Å². The van der Waals surface area contributed by atoms with Gasteiger partial charge in [0, 0.05) is 183 Å². The summed E-state index contributed by atoms with van der Waals surface area (Å²) in [6.45, 7) is 15.0. The van der Waals surface area contributed by atoms with Crippen LogP contribution in [-0.4, -0.2) is 316 Å². The largest absolute Gasteiger partial charge is 0.377 e. The number of nitrogens with one attached hydrogen (secondary N) is 2. The zero-order valence-corrected chi connectivity index (χ0v) is 74.9.